The molecule has 2 amide bonds. The fourth-order valence-corrected chi connectivity index (χ4v) is 2.58. The minimum Gasteiger partial charge on any atom is -0.448 e. The molecule has 0 aromatic heterocycles. The Morgan fingerprint density at radius 1 is 1.39 bits per heavy atom. The Bertz CT molecular complexity index is 303. The Morgan fingerprint density at radius 2 is 2.11 bits per heavy atom. The van der Waals surface area contributed by atoms with E-state index in [0.717, 1.165) is 6.42 Å². The van der Waals surface area contributed by atoms with E-state index in [0.29, 0.717) is 18.9 Å². The van der Waals surface area contributed by atoms with Gasteiger partial charge in [0, 0.05) is 6.42 Å². The van der Waals surface area contributed by atoms with Crippen LogP contribution in [-0.4, -0.2) is 25.2 Å². The molecule has 1 rings (SSSR count). The normalized spacial score (nSPS) is 22.2. The molecule has 0 radical (unpaired) electrons. The molecule has 0 unspecified atom stereocenters. The van der Waals surface area contributed by atoms with Gasteiger partial charge in [-0.2, -0.15) is 0 Å². The van der Waals surface area contributed by atoms with Crippen molar-refractivity contribution in [2.24, 2.45) is 17.1 Å². The predicted molar refractivity (Wildman–Crippen MR) is 68.9 cm³/mol. The van der Waals surface area contributed by atoms with Gasteiger partial charge in [0.05, 0.1) is 6.54 Å². The average molecular weight is 256 g/mol. The molecule has 1 fully saturated rings. The lowest BCUT2D eigenvalue weighted by Crippen LogP contribution is -2.35. The van der Waals surface area contributed by atoms with Gasteiger partial charge in [-0.05, 0) is 24.2 Å². The maximum Gasteiger partial charge on any atom is 0.404 e. The molecule has 104 valence electrons. The quantitative estimate of drug-likeness (QED) is 0.736. The molecule has 1 aliphatic carbocycles. The minimum atomic E-state index is -0.808. The standard InChI is InChI=1S/C13H24N2O3/c1-13(2)6-4-3-5-10(13)9-11(16)15-7-8-18-12(14)17/h10H,3-9H2,1-2H3,(H2,14,17)(H,15,16)/t10-/m1/s1. The number of hydrogen-bond donors (Lipinski definition) is 2. The fraction of sp³-hybridized carbons (Fsp3) is 0.846. The van der Waals surface area contributed by atoms with Crippen molar-refractivity contribution >= 4 is 12.0 Å². The second-order valence-electron chi connectivity index (χ2n) is 5.65. The van der Waals surface area contributed by atoms with E-state index >= 15 is 0 Å². The largest absolute Gasteiger partial charge is 0.448 e. The Kier molecular flexibility index (Phi) is 5.44. The summed E-state index contributed by atoms with van der Waals surface area (Å²) in [4.78, 5) is 22.1. The van der Waals surface area contributed by atoms with Gasteiger partial charge in [0.1, 0.15) is 6.61 Å². The first-order valence-electron chi connectivity index (χ1n) is 6.61. The first-order valence-corrected chi connectivity index (χ1v) is 6.61. The minimum absolute atomic E-state index is 0.0306. The van der Waals surface area contributed by atoms with Gasteiger partial charge in [-0.3, -0.25) is 4.79 Å². The molecular weight excluding hydrogens is 232 g/mol. The average Bonchev–Trinajstić information content (AvgIpc) is 2.27. The highest BCUT2D eigenvalue weighted by atomic mass is 16.5. The summed E-state index contributed by atoms with van der Waals surface area (Å²) in [5.41, 5.74) is 5.07. The fourth-order valence-electron chi connectivity index (χ4n) is 2.58. The number of ether oxygens (including phenoxy) is 1. The summed E-state index contributed by atoms with van der Waals surface area (Å²) in [5, 5.41) is 2.75. The van der Waals surface area contributed by atoms with Crippen LogP contribution in [0.15, 0.2) is 0 Å². The lowest BCUT2D eigenvalue weighted by Gasteiger charge is -2.38. The van der Waals surface area contributed by atoms with Crippen molar-refractivity contribution in [3.63, 3.8) is 0 Å². The molecule has 5 heteroatoms. The molecule has 0 saturated heterocycles. The van der Waals surface area contributed by atoms with Crippen LogP contribution in [0.1, 0.15) is 46.0 Å². The van der Waals surface area contributed by atoms with Crippen molar-refractivity contribution in [1.29, 1.82) is 0 Å². The summed E-state index contributed by atoms with van der Waals surface area (Å²) in [6.07, 6.45) is 4.54. The zero-order chi connectivity index (χ0) is 13.6. The number of rotatable bonds is 5. The smallest absolute Gasteiger partial charge is 0.404 e. The maximum atomic E-state index is 11.8. The predicted octanol–water partition coefficient (Wildman–Crippen LogP) is 1.80. The van der Waals surface area contributed by atoms with Gasteiger partial charge in [-0.1, -0.05) is 26.7 Å². The van der Waals surface area contributed by atoms with E-state index in [2.05, 4.69) is 23.9 Å². The monoisotopic (exact) mass is 256 g/mol. The molecule has 0 aromatic rings. The van der Waals surface area contributed by atoms with Crippen molar-refractivity contribution in [2.75, 3.05) is 13.2 Å². The van der Waals surface area contributed by atoms with E-state index in [1.54, 1.807) is 0 Å². The molecule has 5 nitrogen and oxygen atoms in total. The number of hydrogen-bond acceptors (Lipinski definition) is 3. The summed E-state index contributed by atoms with van der Waals surface area (Å²) in [5.74, 6) is 0.478. The highest BCUT2D eigenvalue weighted by molar-refractivity contribution is 5.76. The van der Waals surface area contributed by atoms with Crippen molar-refractivity contribution in [2.45, 2.75) is 46.0 Å². The molecule has 0 aliphatic heterocycles. The zero-order valence-electron chi connectivity index (χ0n) is 11.3. The van der Waals surface area contributed by atoms with Gasteiger partial charge in [-0.25, -0.2) is 4.79 Å². The number of nitrogens with two attached hydrogens (primary N) is 1. The van der Waals surface area contributed by atoms with Crippen molar-refractivity contribution in [3.05, 3.63) is 0 Å². The molecule has 0 bridgehead atoms. The van der Waals surface area contributed by atoms with E-state index in [1.165, 1.54) is 19.3 Å². The second kappa shape index (κ2) is 6.61. The van der Waals surface area contributed by atoms with Crippen molar-refractivity contribution < 1.29 is 14.3 Å². The van der Waals surface area contributed by atoms with Crippen LogP contribution in [0.4, 0.5) is 4.79 Å². The number of amides is 2. The van der Waals surface area contributed by atoms with Crippen molar-refractivity contribution in [3.8, 4) is 0 Å². The van der Waals surface area contributed by atoms with Crippen LogP contribution in [-0.2, 0) is 9.53 Å². The zero-order valence-corrected chi connectivity index (χ0v) is 11.3. The van der Waals surface area contributed by atoms with Gasteiger partial charge in [0.2, 0.25) is 5.91 Å². The summed E-state index contributed by atoms with van der Waals surface area (Å²) in [7, 11) is 0. The third-order valence-electron chi connectivity index (χ3n) is 3.83. The Balaban J connectivity index is 2.24. The van der Waals surface area contributed by atoms with E-state index in [9.17, 15) is 9.59 Å². The SMILES string of the molecule is CC1(C)CCCC[C@@H]1CC(=O)NCCOC(N)=O. The van der Waals surface area contributed by atoms with Crippen LogP contribution in [0.3, 0.4) is 0 Å². The molecule has 1 atom stereocenters. The molecule has 1 aliphatic rings. The lowest BCUT2D eigenvalue weighted by molar-refractivity contribution is -0.123. The molecule has 0 heterocycles. The summed E-state index contributed by atoms with van der Waals surface area (Å²) < 4.78 is 4.55. The van der Waals surface area contributed by atoms with Crippen LogP contribution in [0.5, 0.6) is 0 Å². The lowest BCUT2D eigenvalue weighted by atomic mass is 9.67. The van der Waals surface area contributed by atoms with E-state index in [4.69, 9.17) is 5.73 Å². The number of carbonyl (C=O) groups is 2. The molecule has 0 spiro atoms. The van der Waals surface area contributed by atoms with Gasteiger partial charge in [0.15, 0.2) is 0 Å². The topological polar surface area (TPSA) is 81.4 Å². The van der Waals surface area contributed by atoms with E-state index < -0.39 is 6.09 Å². The molecule has 3 N–H and O–H groups in total. The first-order chi connectivity index (χ1) is 8.42. The van der Waals surface area contributed by atoms with Crippen LogP contribution in [0.2, 0.25) is 0 Å². The third-order valence-corrected chi connectivity index (χ3v) is 3.83. The first kappa shape index (κ1) is 14.8. The van der Waals surface area contributed by atoms with Crippen molar-refractivity contribution in [1.82, 2.24) is 5.32 Å². The van der Waals surface area contributed by atoms with Gasteiger partial charge in [0.25, 0.3) is 0 Å². The summed E-state index contributed by atoms with van der Waals surface area (Å²) in [6, 6.07) is 0. The van der Waals surface area contributed by atoms with Crippen LogP contribution in [0.25, 0.3) is 0 Å². The van der Waals surface area contributed by atoms with Crippen LogP contribution in [0, 0.1) is 11.3 Å². The highest BCUT2D eigenvalue weighted by Gasteiger charge is 2.33. The third kappa shape index (κ3) is 4.94. The summed E-state index contributed by atoms with van der Waals surface area (Å²) in [6.45, 7) is 4.94. The second-order valence-corrected chi connectivity index (χ2v) is 5.65. The Morgan fingerprint density at radius 3 is 2.72 bits per heavy atom. The highest BCUT2D eigenvalue weighted by Crippen LogP contribution is 2.42. The Labute approximate surface area is 108 Å². The molecule has 0 aromatic carbocycles. The van der Waals surface area contributed by atoms with Crippen LogP contribution < -0.4 is 11.1 Å². The van der Waals surface area contributed by atoms with E-state index in [-0.39, 0.29) is 17.9 Å². The summed E-state index contributed by atoms with van der Waals surface area (Å²) >= 11 is 0. The number of carbonyl (C=O) groups excluding carboxylic acids is 2. The molecule has 18 heavy (non-hydrogen) atoms. The number of primary amides is 1. The van der Waals surface area contributed by atoms with E-state index in [1.807, 2.05) is 0 Å². The van der Waals surface area contributed by atoms with Crippen LogP contribution >= 0.6 is 0 Å². The van der Waals surface area contributed by atoms with Gasteiger partial charge < -0.3 is 15.8 Å². The molecule has 1 saturated carbocycles. The van der Waals surface area contributed by atoms with Gasteiger partial charge in [-0.15, -0.1) is 0 Å². The maximum absolute atomic E-state index is 11.8. The Hall–Kier alpha value is -1.26. The molecular formula is C13H24N2O3. The number of nitrogens with one attached hydrogen (secondary N) is 1. The van der Waals surface area contributed by atoms with Gasteiger partial charge >= 0.3 is 6.09 Å².